The molecule has 0 saturated carbocycles. The van der Waals surface area contributed by atoms with Gasteiger partial charge in [0.05, 0.1) is 7.11 Å². The van der Waals surface area contributed by atoms with Gasteiger partial charge in [-0.3, -0.25) is 0 Å². The van der Waals surface area contributed by atoms with Crippen molar-refractivity contribution in [2.75, 3.05) is 18.6 Å². The minimum atomic E-state index is 0.586. The average molecular weight is 270 g/mol. The monoisotopic (exact) mass is 270 g/mol. The molecule has 3 nitrogen and oxygen atoms in total. The number of hydrogen-bond donors (Lipinski definition) is 1. The van der Waals surface area contributed by atoms with Crippen LogP contribution in [0.5, 0.6) is 5.75 Å². The van der Waals surface area contributed by atoms with Crippen molar-refractivity contribution in [2.45, 2.75) is 20.0 Å². The third kappa shape index (κ3) is 3.52. The average Bonchev–Trinajstić information content (AvgIpc) is 2.53. The maximum Gasteiger partial charge on any atom is 0.119 e. The maximum atomic E-state index is 5.64. The van der Waals surface area contributed by atoms with Crippen LogP contribution in [0.1, 0.15) is 18.1 Å². The highest BCUT2D eigenvalue weighted by Crippen LogP contribution is 2.20. The van der Waals surface area contributed by atoms with E-state index in [1.165, 1.54) is 11.3 Å². The Morgan fingerprint density at radius 3 is 2.40 bits per heavy atom. The van der Waals surface area contributed by atoms with E-state index in [2.05, 4.69) is 48.2 Å². The number of ether oxygens (including phenoxy) is 1. The highest BCUT2D eigenvalue weighted by atomic mass is 16.5. The summed E-state index contributed by atoms with van der Waals surface area (Å²) in [6.07, 6.45) is 0. The van der Waals surface area contributed by atoms with E-state index in [9.17, 15) is 0 Å². The van der Waals surface area contributed by atoms with Crippen LogP contribution >= 0.6 is 0 Å². The van der Waals surface area contributed by atoms with Gasteiger partial charge in [0.2, 0.25) is 0 Å². The fraction of sp³-hybridized carbons (Fsp3) is 0.294. The Morgan fingerprint density at radius 2 is 1.80 bits per heavy atom. The van der Waals surface area contributed by atoms with E-state index in [-0.39, 0.29) is 0 Å². The minimum absolute atomic E-state index is 0.586. The molecule has 2 rings (SSSR count). The van der Waals surface area contributed by atoms with E-state index < -0.39 is 0 Å². The number of benzene rings is 2. The van der Waals surface area contributed by atoms with Gasteiger partial charge in [-0.15, -0.1) is 0 Å². The fourth-order valence-electron chi connectivity index (χ4n) is 2.22. The first-order chi connectivity index (χ1) is 9.76. The Hall–Kier alpha value is -2.00. The van der Waals surface area contributed by atoms with E-state index in [0.717, 1.165) is 24.4 Å². The van der Waals surface area contributed by atoms with Crippen molar-refractivity contribution in [3.8, 4) is 5.75 Å². The molecular weight excluding hydrogens is 248 g/mol. The van der Waals surface area contributed by atoms with Gasteiger partial charge in [0.1, 0.15) is 5.75 Å². The summed E-state index contributed by atoms with van der Waals surface area (Å²) in [5, 5.41) is 0. The van der Waals surface area contributed by atoms with E-state index in [1.54, 1.807) is 7.11 Å². The van der Waals surface area contributed by atoms with Crippen LogP contribution in [0.2, 0.25) is 0 Å². The van der Waals surface area contributed by atoms with Gasteiger partial charge >= 0.3 is 0 Å². The second-order valence-corrected chi connectivity index (χ2v) is 4.74. The number of nitrogens with zero attached hydrogens (tertiary/aromatic N) is 1. The normalized spacial score (nSPS) is 10.3. The molecule has 0 radical (unpaired) electrons. The maximum absolute atomic E-state index is 5.64. The second-order valence-electron chi connectivity index (χ2n) is 4.74. The van der Waals surface area contributed by atoms with E-state index in [0.29, 0.717) is 6.54 Å². The topological polar surface area (TPSA) is 38.5 Å². The van der Waals surface area contributed by atoms with E-state index in [1.807, 2.05) is 12.1 Å². The van der Waals surface area contributed by atoms with Crippen LogP contribution in [-0.4, -0.2) is 13.7 Å². The lowest BCUT2D eigenvalue weighted by Crippen LogP contribution is -2.21. The molecule has 0 saturated heterocycles. The third-order valence-corrected chi connectivity index (χ3v) is 3.43. The standard InChI is InChI=1S/C17H22N2O/c1-3-19(16-9-7-14(12-18)8-10-16)13-15-5-4-6-17(11-15)20-2/h4-11H,3,12-13,18H2,1-2H3. The number of methoxy groups -OCH3 is 1. The Balaban J connectivity index is 2.14. The Labute approximate surface area is 121 Å². The number of anilines is 1. The van der Waals surface area contributed by atoms with Crippen LogP contribution < -0.4 is 15.4 Å². The molecule has 0 fully saturated rings. The Bertz CT molecular complexity index is 537. The third-order valence-electron chi connectivity index (χ3n) is 3.43. The van der Waals surface area contributed by atoms with Gasteiger partial charge in [-0.1, -0.05) is 24.3 Å². The Morgan fingerprint density at radius 1 is 1.05 bits per heavy atom. The molecule has 0 aliphatic carbocycles. The van der Waals surface area contributed by atoms with E-state index >= 15 is 0 Å². The van der Waals surface area contributed by atoms with Crippen LogP contribution in [0.15, 0.2) is 48.5 Å². The Kier molecular flexibility index (Phi) is 5.02. The van der Waals surface area contributed by atoms with Crippen molar-refractivity contribution < 1.29 is 4.74 Å². The van der Waals surface area contributed by atoms with Gasteiger partial charge in [0.15, 0.2) is 0 Å². The number of rotatable bonds is 6. The zero-order chi connectivity index (χ0) is 14.4. The highest BCUT2D eigenvalue weighted by molar-refractivity contribution is 5.48. The highest BCUT2D eigenvalue weighted by Gasteiger charge is 2.06. The zero-order valence-electron chi connectivity index (χ0n) is 12.2. The summed E-state index contributed by atoms with van der Waals surface area (Å²) in [7, 11) is 1.70. The number of hydrogen-bond acceptors (Lipinski definition) is 3. The molecule has 2 N–H and O–H groups in total. The molecule has 3 heteroatoms. The van der Waals surface area contributed by atoms with Crippen LogP contribution in [0.4, 0.5) is 5.69 Å². The van der Waals surface area contributed by atoms with Crippen LogP contribution in [0, 0.1) is 0 Å². The smallest absolute Gasteiger partial charge is 0.119 e. The molecule has 0 unspecified atom stereocenters. The molecule has 0 spiro atoms. The predicted molar refractivity (Wildman–Crippen MR) is 84.1 cm³/mol. The molecule has 0 atom stereocenters. The lowest BCUT2D eigenvalue weighted by atomic mass is 10.1. The summed E-state index contributed by atoms with van der Waals surface area (Å²) in [5.41, 5.74) is 9.25. The summed E-state index contributed by atoms with van der Waals surface area (Å²) < 4.78 is 5.27. The van der Waals surface area contributed by atoms with Crippen LogP contribution in [0.25, 0.3) is 0 Å². The first kappa shape index (κ1) is 14.4. The lowest BCUT2D eigenvalue weighted by molar-refractivity contribution is 0.414. The molecule has 2 aromatic rings. The van der Waals surface area contributed by atoms with Crippen molar-refractivity contribution in [1.29, 1.82) is 0 Å². The van der Waals surface area contributed by atoms with Crippen LogP contribution in [0.3, 0.4) is 0 Å². The van der Waals surface area contributed by atoms with Gasteiger partial charge < -0.3 is 15.4 Å². The van der Waals surface area contributed by atoms with Crippen LogP contribution in [-0.2, 0) is 13.1 Å². The summed E-state index contributed by atoms with van der Waals surface area (Å²) >= 11 is 0. The van der Waals surface area contributed by atoms with Crippen molar-refractivity contribution >= 4 is 5.69 Å². The predicted octanol–water partition coefficient (Wildman–Crippen LogP) is 3.18. The SMILES string of the molecule is CCN(Cc1cccc(OC)c1)c1ccc(CN)cc1. The molecule has 0 amide bonds. The molecule has 0 heterocycles. The molecule has 2 aromatic carbocycles. The fourth-order valence-corrected chi connectivity index (χ4v) is 2.22. The van der Waals surface area contributed by atoms with Crippen molar-refractivity contribution in [3.63, 3.8) is 0 Å². The molecule has 0 aromatic heterocycles. The first-order valence-corrected chi connectivity index (χ1v) is 6.93. The molecule has 0 aliphatic rings. The largest absolute Gasteiger partial charge is 0.497 e. The summed E-state index contributed by atoms with van der Waals surface area (Å²) in [6, 6.07) is 16.6. The van der Waals surface area contributed by atoms with Crippen molar-refractivity contribution in [3.05, 3.63) is 59.7 Å². The molecule has 20 heavy (non-hydrogen) atoms. The van der Waals surface area contributed by atoms with Crippen molar-refractivity contribution in [2.24, 2.45) is 5.73 Å². The van der Waals surface area contributed by atoms with E-state index in [4.69, 9.17) is 10.5 Å². The first-order valence-electron chi connectivity index (χ1n) is 6.93. The summed E-state index contributed by atoms with van der Waals surface area (Å²) in [5.74, 6) is 0.900. The number of nitrogens with two attached hydrogens (primary N) is 1. The quantitative estimate of drug-likeness (QED) is 0.876. The molecular formula is C17H22N2O. The van der Waals surface area contributed by atoms with Gasteiger partial charge in [-0.2, -0.15) is 0 Å². The summed E-state index contributed by atoms with van der Waals surface area (Å²) in [6.45, 7) is 4.58. The van der Waals surface area contributed by atoms with Gasteiger partial charge in [0.25, 0.3) is 0 Å². The van der Waals surface area contributed by atoms with Crippen molar-refractivity contribution in [1.82, 2.24) is 0 Å². The summed E-state index contributed by atoms with van der Waals surface area (Å²) in [4.78, 5) is 2.33. The van der Waals surface area contributed by atoms with Gasteiger partial charge in [0, 0.05) is 25.3 Å². The second kappa shape index (κ2) is 6.96. The molecule has 106 valence electrons. The van der Waals surface area contributed by atoms with Gasteiger partial charge in [-0.25, -0.2) is 0 Å². The zero-order valence-corrected chi connectivity index (χ0v) is 12.2. The molecule has 0 bridgehead atoms. The molecule has 0 aliphatic heterocycles. The minimum Gasteiger partial charge on any atom is -0.497 e. The lowest BCUT2D eigenvalue weighted by Gasteiger charge is -2.23. The van der Waals surface area contributed by atoms with Gasteiger partial charge in [-0.05, 0) is 42.3 Å².